The van der Waals surface area contributed by atoms with Gasteiger partial charge in [0, 0.05) is 18.3 Å². The van der Waals surface area contributed by atoms with Crippen LogP contribution in [0.3, 0.4) is 0 Å². The smallest absolute Gasteiger partial charge is 0.271 e. The second-order valence-corrected chi connectivity index (χ2v) is 8.81. The highest BCUT2D eigenvalue weighted by Gasteiger charge is 2.34. The number of aromatic nitrogens is 5. The molecule has 1 aliphatic rings. The molecule has 4 rings (SSSR count). The molecule has 0 saturated heterocycles. The maximum Gasteiger partial charge on any atom is 0.271 e. The monoisotopic (exact) mass is 425 g/mol. The zero-order valence-electron chi connectivity index (χ0n) is 17.5. The van der Waals surface area contributed by atoms with Crippen molar-refractivity contribution in [2.24, 2.45) is 5.92 Å². The van der Waals surface area contributed by atoms with E-state index in [1.807, 2.05) is 43.0 Å². The van der Waals surface area contributed by atoms with Crippen molar-refractivity contribution in [3.63, 3.8) is 0 Å². The van der Waals surface area contributed by atoms with Gasteiger partial charge in [-0.2, -0.15) is 5.10 Å². The predicted molar refractivity (Wildman–Crippen MR) is 117 cm³/mol. The van der Waals surface area contributed by atoms with Gasteiger partial charge in [-0.1, -0.05) is 42.1 Å². The first-order valence-corrected chi connectivity index (χ1v) is 11.1. The fraction of sp³-hybridized carbons (Fsp3) is 0.429. The molecule has 1 aromatic carbocycles. The third-order valence-electron chi connectivity index (χ3n) is 5.48. The molecule has 8 nitrogen and oxygen atoms in total. The molecule has 3 aromatic rings. The molecule has 0 spiro atoms. The Kier molecular flexibility index (Phi) is 5.80. The third-order valence-corrected chi connectivity index (χ3v) is 6.41. The van der Waals surface area contributed by atoms with Gasteiger partial charge in [-0.05, 0) is 51.2 Å². The Labute approximate surface area is 180 Å². The van der Waals surface area contributed by atoms with Crippen molar-refractivity contribution in [3.05, 3.63) is 53.3 Å². The van der Waals surface area contributed by atoms with Crippen molar-refractivity contribution in [3.8, 4) is 5.95 Å². The number of rotatable bonds is 8. The van der Waals surface area contributed by atoms with Crippen molar-refractivity contribution < 1.29 is 4.79 Å². The second-order valence-electron chi connectivity index (χ2n) is 7.87. The van der Waals surface area contributed by atoms with Gasteiger partial charge in [-0.15, -0.1) is 10.2 Å². The molecular weight excluding hydrogens is 398 g/mol. The van der Waals surface area contributed by atoms with E-state index in [1.54, 1.807) is 4.68 Å². The Hall–Kier alpha value is -2.81. The van der Waals surface area contributed by atoms with Crippen molar-refractivity contribution in [2.75, 3.05) is 11.6 Å². The number of amides is 1. The highest BCUT2D eigenvalue weighted by molar-refractivity contribution is 7.99. The molecule has 9 heteroatoms. The molecule has 0 bridgehead atoms. The Bertz CT molecular complexity index is 1030. The average molecular weight is 426 g/mol. The van der Waals surface area contributed by atoms with Crippen LogP contribution in [0.5, 0.6) is 0 Å². The Morgan fingerprint density at radius 1 is 1.27 bits per heavy atom. The van der Waals surface area contributed by atoms with Gasteiger partial charge in [0.05, 0.1) is 11.4 Å². The maximum absolute atomic E-state index is 13.1. The summed E-state index contributed by atoms with van der Waals surface area (Å²) in [5.41, 5.74) is 2.94. The molecule has 2 heterocycles. The Balaban J connectivity index is 1.46. The highest BCUT2D eigenvalue weighted by Crippen LogP contribution is 2.36. The van der Waals surface area contributed by atoms with Crippen LogP contribution >= 0.6 is 11.8 Å². The second kappa shape index (κ2) is 8.51. The summed E-state index contributed by atoms with van der Waals surface area (Å²) in [5, 5.41) is 13.2. The van der Waals surface area contributed by atoms with E-state index in [0.29, 0.717) is 23.6 Å². The number of aryl methyl sites for hydroxylation is 2. The summed E-state index contributed by atoms with van der Waals surface area (Å²) < 4.78 is 3.05. The van der Waals surface area contributed by atoms with Crippen molar-refractivity contribution in [2.45, 2.75) is 51.4 Å². The van der Waals surface area contributed by atoms with Gasteiger partial charge in [0.15, 0.2) is 0 Å². The number of hydrogen-bond donors (Lipinski definition) is 1. The summed E-state index contributed by atoms with van der Waals surface area (Å²) in [5.74, 6) is 7.57. The molecule has 0 radical (unpaired) electrons. The molecule has 30 heavy (non-hydrogen) atoms. The van der Waals surface area contributed by atoms with E-state index < -0.39 is 0 Å². The standard InChI is InChI=1S/C21H27N7OS/c1-14-11-15(2)28(25-14)20-23-24-21(27(20)22)30-13-19(29)26(16(3)18-9-10-18)12-17-7-5-4-6-8-17/h4-8,11,16,18H,9-10,12-13,22H2,1-3H3. The number of nitrogens with two attached hydrogens (primary N) is 1. The molecule has 1 aliphatic carbocycles. The van der Waals surface area contributed by atoms with Crippen molar-refractivity contribution >= 4 is 17.7 Å². The highest BCUT2D eigenvalue weighted by atomic mass is 32.2. The SMILES string of the molecule is Cc1cc(C)n(-c2nnc(SCC(=O)N(Cc3ccccc3)C(C)C3CC3)n2N)n1. The quantitative estimate of drug-likeness (QED) is 0.440. The lowest BCUT2D eigenvalue weighted by molar-refractivity contribution is -0.131. The summed E-state index contributed by atoms with van der Waals surface area (Å²) in [6.07, 6.45) is 2.38. The van der Waals surface area contributed by atoms with E-state index in [0.717, 1.165) is 17.0 Å². The molecule has 158 valence electrons. The molecule has 1 unspecified atom stereocenters. The van der Waals surface area contributed by atoms with E-state index >= 15 is 0 Å². The normalized spacial score (nSPS) is 14.6. The van der Waals surface area contributed by atoms with Gasteiger partial charge < -0.3 is 10.7 Å². The first kappa shape index (κ1) is 20.5. The number of carbonyl (C=O) groups is 1. The minimum Gasteiger partial charge on any atom is -0.335 e. The van der Waals surface area contributed by atoms with E-state index in [-0.39, 0.29) is 17.7 Å². The Morgan fingerprint density at radius 3 is 2.63 bits per heavy atom. The topological polar surface area (TPSA) is 94.9 Å². The number of carbonyl (C=O) groups excluding carboxylic acids is 1. The Morgan fingerprint density at radius 2 is 2.00 bits per heavy atom. The van der Waals surface area contributed by atoms with E-state index in [4.69, 9.17) is 5.84 Å². The summed E-state index contributed by atoms with van der Waals surface area (Å²) in [4.78, 5) is 15.1. The van der Waals surface area contributed by atoms with Crippen molar-refractivity contribution in [1.29, 1.82) is 0 Å². The summed E-state index contributed by atoms with van der Waals surface area (Å²) >= 11 is 1.30. The van der Waals surface area contributed by atoms with Gasteiger partial charge in [-0.25, -0.2) is 9.36 Å². The fourth-order valence-corrected chi connectivity index (χ4v) is 4.36. The minimum absolute atomic E-state index is 0.0823. The number of nitrogen functional groups attached to an aromatic ring is 1. The van der Waals surface area contributed by atoms with Crippen LogP contribution in [0.2, 0.25) is 0 Å². The average Bonchev–Trinajstić information content (AvgIpc) is 3.45. The number of nitrogens with zero attached hydrogens (tertiary/aromatic N) is 6. The van der Waals surface area contributed by atoms with Gasteiger partial charge in [-0.3, -0.25) is 4.79 Å². The molecule has 1 saturated carbocycles. The van der Waals surface area contributed by atoms with Crippen LogP contribution in [0.15, 0.2) is 41.6 Å². The first-order valence-electron chi connectivity index (χ1n) is 10.1. The van der Waals surface area contributed by atoms with Gasteiger partial charge in [0.25, 0.3) is 5.95 Å². The summed E-state index contributed by atoms with van der Waals surface area (Å²) in [6, 6.07) is 12.3. The van der Waals surface area contributed by atoms with Crippen LogP contribution in [0.25, 0.3) is 5.95 Å². The van der Waals surface area contributed by atoms with Crippen molar-refractivity contribution in [1.82, 2.24) is 29.6 Å². The summed E-state index contributed by atoms with van der Waals surface area (Å²) in [6.45, 7) is 6.61. The van der Waals surface area contributed by atoms with Gasteiger partial charge >= 0.3 is 0 Å². The molecule has 2 aromatic heterocycles. The van der Waals surface area contributed by atoms with Crippen LogP contribution < -0.4 is 5.84 Å². The molecule has 2 N–H and O–H groups in total. The summed E-state index contributed by atoms with van der Waals surface area (Å²) in [7, 11) is 0. The van der Waals surface area contributed by atoms with Crippen LogP contribution in [-0.4, -0.2) is 47.3 Å². The lowest BCUT2D eigenvalue weighted by Gasteiger charge is -2.29. The first-order chi connectivity index (χ1) is 14.4. The maximum atomic E-state index is 13.1. The van der Waals surface area contributed by atoms with E-state index in [9.17, 15) is 4.79 Å². The predicted octanol–water partition coefficient (Wildman–Crippen LogP) is 2.71. The van der Waals surface area contributed by atoms with E-state index in [1.165, 1.54) is 29.3 Å². The molecule has 0 aliphatic heterocycles. The molecule has 1 fully saturated rings. The molecule has 1 atom stereocenters. The zero-order chi connectivity index (χ0) is 21.3. The zero-order valence-corrected chi connectivity index (χ0v) is 18.3. The fourth-order valence-electron chi connectivity index (χ4n) is 3.63. The van der Waals surface area contributed by atoms with Crippen LogP contribution in [0.1, 0.15) is 36.7 Å². The largest absolute Gasteiger partial charge is 0.335 e. The number of thioether (sulfide) groups is 1. The third kappa shape index (κ3) is 4.35. The number of benzene rings is 1. The van der Waals surface area contributed by atoms with Gasteiger partial charge in [0.2, 0.25) is 11.1 Å². The minimum atomic E-state index is 0.0823. The molecule has 1 amide bonds. The number of hydrogen-bond acceptors (Lipinski definition) is 6. The molecular formula is C21H27N7OS. The lowest BCUT2D eigenvalue weighted by Crippen LogP contribution is -2.40. The van der Waals surface area contributed by atoms with Gasteiger partial charge in [0.1, 0.15) is 0 Å². The lowest BCUT2D eigenvalue weighted by atomic mass is 10.1. The van der Waals surface area contributed by atoms with Crippen LogP contribution in [-0.2, 0) is 11.3 Å². The van der Waals surface area contributed by atoms with Crippen LogP contribution in [0.4, 0.5) is 0 Å². The van der Waals surface area contributed by atoms with E-state index in [2.05, 4.69) is 34.4 Å². The van der Waals surface area contributed by atoms with Crippen LogP contribution in [0, 0.1) is 19.8 Å².